The van der Waals surface area contributed by atoms with Crippen molar-refractivity contribution in [3.63, 3.8) is 0 Å². The van der Waals surface area contributed by atoms with Gasteiger partial charge in [0.15, 0.2) is 6.29 Å². The molecule has 0 aromatic heterocycles. The number of hydrogen-bond acceptors (Lipinski definition) is 12. The number of aliphatic hydroxyl groups is 6. The van der Waals surface area contributed by atoms with Crippen LogP contribution in [-0.2, 0) is 14.3 Å². The topological polar surface area (TPSA) is 247 Å². The summed E-state index contributed by atoms with van der Waals surface area (Å²) in [5.74, 6) is -0.751. The second-order valence-corrected chi connectivity index (χ2v) is 7.47. The Morgan fingerprint density at radius 3 is 2.38 bits per heavy atom. The van der Waals surface area contributed by atoms with E-state index in [-0.39, 0.29) is 19.4 Å². The smallest absolute Gasteiger partial charge is 0.249 e. The number of carbonyl (C=O) groups excluding carboxylic acids is 1. The summed E-state index contributed by atoms with van der Waals surface area (Å²) in [7, 11) is 0. The molecule has 0 bridgehead atoms. The van der Waals surface area contributed by atoms with Crippen molar-refractivity contribution in [2.45, 2.75) is 80.0 Å². The molecule has 2 aliphatic rings. The lowest BCUT2D eigenvalue weighted by atomic mass is 9.84. The number of carbonyl (C=O) groups is 1. The molecule has 1 saturated carbocycles. The highest BCUT2D eigenvalue weighted by atomic mass is 16.7. The zero-order valence-corrected chi connectivity index (χ0v) is 15.8. The van der Waals surface area contributed by atoms with Crippen molar-refractivity contribution in [3.05, 3.63) is 0 Å². The molecule has 2 rings (SSSR count). The van der Waals surface area contributed by atoms with Gasteiger partial charge in [-0.15, -0.1) is 0 Å². The van der Waals surface area contributed by atoms with Gasteiger partial charge in [0.1, 0.15) is 42.7 Å². The highest BCUT2D eigenvalue weighted by molar-refractivity contribution is 5.80. The number of hydrogen-bond donors (Lipinski definition) is 10. The van der Waals surface area contributed by atoms with Crippen LogP contribution in [-0.4, -0.2) is 117 Å². The van der Waals surface area contributed by atoms with Crippen molar-refractivity contribution < 1.29 is 44.9 Å². The zero-order chi connectivity index (χ0) is 21.9. The van der Waals surface area contributed by atoms with Gasteiger partial charge in [-0.25, -0.2) is 0 Å². The monoisotopic (exact) mass is 424 g/mol. The van der Waals surface area contributed by atoms with E-state index in [1.54, 1.807) is 0 Å². The Morgan fingerprint density at radius 2 is 1.79 bits per heavy atom. The lowest BCUT2D eigenvalue weighted by Crippen LogP contribution is -2.68. The molecule has 1 aliphatic carbocycles. The van der Waals surface area contributed by atoms with E-state index >= 15 is 0 Å². The van der Waals surface area contributed by atoms with Crippen molar-refractivity contribution in [3.8, 4) is 0 Å². The summed E-state index contributed by atoms with van der Waals surface area (Å²) in [6.07, 6.45) is -10.9. The van der Waals surface area contributed by atoms with Crippen LogP contribution in [0.2, 0.25) is 0 Å². The van der Waals surface area contributed by atoms with Gasteiger partial charge in [-0.05, 0) is 19.4 Å². The Labute approximate surface area is 167 Å². The Balaban J connectivity index is 2.02. The van der Waals surface area contributed by atoms with Gasteiger partial charge in [-0.1, -0.05) is 0 Å². The first-order valence-electron chi connectivity index (χ1n) is 9.46. The molecule has 1 aliphatic heterocycles. The van der Waals surface area contributed by atoms with E-state index in [1.165, 1.54) is 0 Å². The van der Waals surface area contributed by atoms with Crippen LogP contribution >= 0.6 is 0 Å². The lowest BCUT2D eigenvalue weighted by Gasteiger charge is -2.46. The largest absolute Gasteiger partial charge is 0.394 e. The van der Waals surface area contributed by atoms with Crippen LogP contribution in [0, 0.1) is 0 Å². The lowest BCUT2D eigenvalue weighted by molar-refractivity contribution is -0.294. The summed E-state index contributed by atoms with van der Waals surface area (Å²) in [4.78, 5) is 11.9. The Kier molecular flexibility index (Phi) is 8.69. The third-order valence-corrected chi connectivity index (χ3v) is 5.34. The van der Waals surface area contributed by atoms with Crippen LogP contribution in [0.5, 0.6) is 0 Å². The highest BCUT2D eigenvalue weighted by Crippen LogP contribution is 2.27. The zero-order valence-electron chi connectivity index (χ0n) is 15.8. The van der Waals surface area contributed by atoms with Crippen LogP contribution in [0.1, 0.15) is 12.8 Å². The fraction of sp³-hybridized carbons (Fsp3) is 0.938. The average molecular weight is 424 g/mol. The maximum absolute atomic E-state index is 11.9. The molecular weight excluding hydrogens is 392 g/mol. The van der Waals surface area contributed by atoms with Crippen molar-refractivity contribution in [2.24, 2.45) is 17.2 Å². The normalized spacial score (nSPS) is 44.3. The molecular formula is C16H32N4O9. The van der Waals surface area contributed by atoms with Gasteiger partial charge >= 0.3 is 0 Å². The second kappa shape index (κ2) is 10.4. The maximum Gasteiger partial charge on any atom is 0.249 e. The van der Waals surface area contributed by atoms with Gasteiger partial charge in [0.25, 0.3) is 0 Å². The number of nitrogens with one attached hydrogen (secondary N) is 1. The van der Waals surface area contributed by atoms with Gasteiger partial charge in [-0.3, -0.25) is 4.79 Å². The van der Waals surface area contributed by atoms with E-state index in [1.807, 2.05) is 0 Å². The van der Waals surface area contributed by atoms with E-state index in [0.29, 0.717) is 0 Å². The van der Waals surface area contributed by atoms with Crippen molar-refractivity contribution in [2.75, 3.05) is 13.2 Å². The molecule has 1 amide bonds. The van der Waals surface area contributed by atoms with E-state index in [2.05, 4.69) is 5.32 Å². The van der Waals surface area contributed by atoms with Gasteiger partial charge < -0.3 is 62.6 Å². The predicted molar refractivity (Wildman–Crippen MR) is 96.8 cm³/mol. The minimum absolute atomic E-state index is 0.000539. The number of aliphatic hydroxyl groups excluding tert-OH is 6. The maximum atomic E-state index is 11.9. The fourth-order valence-electron chi connectivity index (χ4n) is 3.53. The summed E-state index contributed by atoms with van der Waals surface area (Å²) < 4.78 is 10.9. The summed E-state index contributed by atoms with van der Waals surface area (Å²) in [5, 5.41) is 62.0. The molecule has 0 radical (unpaired) electrons. The summed E-state index contributed by atoms with van der Waals surface area (Å²) in [5.41, 5.74) is 17.1. The van der Waals surface area contributed by atoms with Gasteiger partial charge in [0.05, 0.1) is 18.7 Å². The third kappa shape index (κ3) is 5.39. The molecule has 1 heterocycles. The summed E-state index contributed by atoms with van der Waals surface area (Å²) in [6, 6.07) is -3.02. The third-order valence-electron chi connectivity index (χ3n) is 5.34. The molecule has 29 heavy (non-hydrogen) atoms. The highest BCUT2D eigenvalue weighted by Gasteiger charge is 2.48. The summed E-state index contributed by atoms with van der Waals surface area (Å²) >= 11 is 0. The van der Waals surface area contributed by atoms with Crippen molar-refractivity contribution >= 4 is 5.91 Å². The van der Waals surface area contributed by atoms with Crippen LogP contribution in [0.15, 0.2) is 0 Å². The minimum atomic E-state index is -1.55. The number of rotatable bonds is 7. The van der Waals surface area contributed by atoms with Gasteiger partial charge in [0, 0.05) is 6.04 Å². The molecule has 13 nitrogen and oxygen atoms in total. The number of amides is 1. The SMILES string of the molecule is NCC[C@H](O)C(=O)N[C@@H]1CC(N)[C@@H](O[C@H]2OC(CO)[C@@H](O)C(O)C2N)C(O)C1O. The quantitative estimate of drug-likeness (QED) is 0.183. The Morgan fingerprint density at radius 1 is 1.14 bits per heavy atom. The number of ether oxygens (including phenoxy) is 2. The standard InChI is InChI=1S/C16H32N4O9/c17-2-1-7(22)15(27)20-6-3-5(18)14(13(26)10(6)23)29-16-9(19)12(25)11(24)8(4-21)28-16/h5-14,16,21-26H,1-4,17-19H2,(H,20,27)/t5?,6-,7+,8?,9?,10?,11-,12?,13?,14-,16-/m1/s1. The first-order valence-corrected chi connectivity index (χ1v) is 9.46. The average Bonchev–Trinajstić information content (AvgIpc) is 2.69. The molecule has 0 aromatic carbocycles. The second-order valence-electron chi connectivity index (χ2n) is 7.47. The van der Waals surface area contributed by atoms with Gasteiger partial charge in [-0.2, -0.15) is 0 Å². The Hall–Kier alpha value is -0.970. The van der Waals surface area contributed by atoms with Gasteiger partial charge in [0.2, 0.25) is 5.91 Å². The van der Waals surface area contributed by atoms with Crippen LogP contribution in [0.3, 0.4) is 0 Å². The molecule has 170 valence electrons. The van der Waals surface area contributed by atoms with Crippen LogP contribution < -0.4 is 22.5 Å². The molecule has 13 heteroatoms. The first kappa shape index (κ1) is 24.3. The molecule has 1 saturated heterocycles. The van der Waals surface area contributed by atoms with E-state index < -0.39 is 79.7 Å². The van der Waals surface area contributed by atoms with E-state index in [4.69, 9.17) is 26.7 Å². The molecule has 6 unspecified atom stereocenters. The molecule has 0 aromatic rings. The minimum Gasteiger partial charge on any atom is -0.394 e. The first-order chi connectivity index (χ1) is 13.6. The molecule has 0 spiro atoms. The van der Waals surface area contributed by atoms with Crippen molar-refractivity contribution in [1.29, 1.82) is 0 Å². The molecule has 13 N–H and O–H groups in total. The predicted octanol–water partition coefficient (Wildman–Crippen LogP) is -6.21. The fourth-order valence-corrected chi connectivity index (χ4v) is 3.53. The Bertz CT molecular complexity index is 543. The molecule has 11 atom stereocenters. The van der Waals surface area contributed by atoms with Crippen LogP contribution in [0.25, 0.3) is 0 Å². The number of nitrogens with two attached hydrogens (primary N) is 3. The van der Waals surface area contributed by atoms with E-state index in [9.17, 15) is 35.4 Å². The van der Waals surface area contributed by atoms with E-state index in [0.717, 1.165) is 0 Å². The molecule has 2 fully saturated rings. The van der Waals surface area contributed by atoms with Crippen LogP contribution in [0.4, 0.5) is 0 Å². The summed E-state index contributed by atoms with van der Waals surface area (Å²) in [6.45, 7) is -0.511. The van der Waals surface area contributed by atoms with Crippen molar-refractivity contribution in [1.82, 2.24) is 5.32 Å².